The van der Waals surface area contributed by atoms with Gasteiger partial charge in [-0.3, -0.25) is 14.7 Å². The van der Waals surface area contributed by atoms with Crippen LogP contribution >= 0.6 is 11.6 Å². The van der Waals surface area contributed by atoms with Gasteiger partial charge in [0.1, 0.15) is 6.54 Å². The van der Waals surface area contributed by atoms with E-state index < -0.39 is 5.76 Å². The number of halogens is 1. The number of fused-ring (bicyclic) bond motifs is 2. The van der Waals surface area contributed by atoms with E-state index in [0.29, 0.717) is 27.6 Å². The number of nitrogens with zero attached hydrogens (tertiary/aromatic N) is 3. The van der Waals surface area contributed by atoms with Gasteiger partial charge in [0.25, 0.3) is 0 Å². The Balaban J connectivity index is 1.63. The summed E-state index contributed by atoms with van der Waals surface area (Å²) in [6.07, 6.45) is 0. The third-order valence-corrected chi connectivity index (χ3v) is 4.20. The molecule has 0 atom stereocenters. The van der Waals surface area contributed by atoms with Crippen molar-refractivity contribution in [2.75, 3.05) is 5.32 Å². The Kier molecular flexibility index (Phi) is 3.58. The van der Waals surface area contributed by atoms with Crippen LogP contribution in [0.25, 0.3) is 22.1 Å². The molecule has 8 heteroatoms. The molecule has 2 aromatic heterocycles. The summed E-state index contributed by atoms with van der Waals surface area (Å²) in [7, 11) is 1.79. The van der Waals surface area contributed by atoms with Crippen molar-refractivity contribution in [2.45, 2.75) is 6.54 Å². The smallest absolute Gasteiger partial charge is 0.408 e. The quantitative estimate of drug-likeness (QED) is 0.612. The van der Waals surface area contributed by atoms with Crippen LogP contribution in [0.15, 0.2) is 51.7 Å². The van der Waals surface area contributed by atoms with Crippen molar-refractivity contribution < 1.29 is 9.21 Å². The van der Waals surface area contributed by atoms with Crippen LogP contribution in [0.1, 0.15) is 0 Å². The van der Waals surface area contributed by atoms with E-state index in [4.69, 9.17) is 16.0 Å². The largest absolute Gasteiger partial charge is 0.420 e. The minimum Gasteiger partial charge on any atom is -0.408 e. The van der Waals surface area contributed by atoms with E-state index in [-0.39, 0.29) is 12.5 Å². The van der Waals surface area contributed by atoms with Crippen molar-refractivity contribution in [1.82, 2.24) is 14.1 Å². The predicted octanol–water partition coefficient (Wildman–Crippen LogP) is 2.77. The molecule has 0 saturated carbocycles. The van der Waals surface area contributed by atoms with Crippen LogP contribution in [-0.4, -0.2) is 20.0 Å². The third kappa shape index (κ3) is 2.68. The fourth-order valence-electron chi connectivity index (χ4n) is 2.76. The summed E-state index contributed by atoms with van der Waals surface area (Å²) in [5.74, 6) is -0.575. The van der Waals surface area contributed by atoms with Gasteiger partial charge in [0.2, 0.25) is 11.9 Å². The van der Waals surface area contributed by atoms with Crippen LogP contribution in [0.2, 0.25) is 5.02 Å². The number of para-hydroxylation sites is 2. The highest BCUT2D eigenvalue weighted by Gasteiger charge is 2.15. The summed E-state index contributed by atoms with van der Waals surface area (Å²) in [5.41, 5.74) is 2.53. The van der Waals surface area contributed by atoms with E-state index in [1.54, 1.807) is 48.0 Å². The zero-order valence-corrected chi connectivity index (χ0v) is 13.9. The summed E-state index contributed by atoms with van der Waals surface area (Å²) >= 11 is 5.97. The first-order valence-electron chi connectivity index (χ1n) is 7.53. The zero-order valence-electron chi connectivity index (χ0n) is 13.2. The number of oxazole rings is 1. The third-order valence-electron chi connectivity index (χ3n) is 3.97. The molecule has 2 aromatic carbocycles. The molecule has 0 radical (unpaired) electrons. The highest BCUT2D eigenvalue weighted by atomic mass is 35.5. The van der Waals surface area contributed by atoms with E-state index in [0.717, 1.165) is 5.52 Å². The molecule has 126 valence electrons. The van der Waals surface area contributed by atoms with Crippen molar-refractivity contribution in [1.29, 1.82) is 0 Å². The van der Waals surface area contributed by atoms with E-state index in [2.05, 4.69) is 10.3 Å². The molecule has 0 aliphatic heterocycles. The highest BCUT2D eigenvalue weighted by molar-refractivity contribution is 6.31. The fourth-order valence-corrected chi connectivity index (χ4v) is 2.92. The lowest BCUT2D eigenvalue weighted by Gasteiger charge is -2.05. The first-order chi connectivity index (χ1) is 12.0. The second-order valence-electron chi connectivity index (χ2n) is 5.60. The number of rotatable bonds is 3. The lowest BCUT2D eigenvalue weighted by atomic mass is 10.3. The van der Waals surface area contributed by atoms with Crippen molar-refractivity contribution >= 4 is 45.6 Å². The molecule has 4 rings (SSSR count). The van der Waals surface area contributed by atoms with Gasteiger partial charge in [-0.25, -0.2) is 9.78 Å². The molecule has 1 N–H and O–H groups in total. The Bertz CT molecular complexity index is 1170. The topological polar surface area (TPSA) is 82.1 Å². The van der Waals surface area contributed by atoms with Crippen LogP contribution in [0.3, 0.4) is 0 Å². The average molecular weight is 357 g/mol. The molecule has 0 saturated heterocycles. The van der Waals surface area contributed by atoms with Crippen LogP contribution in [0.4, 0.5) is 5.95 Å². The molecule has 7 nitrogen and oxygen atoms in total. The van der Waals surface area contributed by atoms with Crippen LogP contribution in [0.5, 0.6) is 0 Å². The van der Waals surface area contributed by atoms with Gasteiger partial charge in [-0.05, 0) is 30.3 Å². The molecule has 25 heavy (non-hydrogen) atoms. The van der Waals surface area contributed by atoms with Crippen molar-refractivity contribution in [3.05, 3.63) is 58.0 Å². The monoisotopic (exact) mass is 356 g/mol. The Morgan fingerprint density at radius 1 is 1.24 bits per heavy atom. The second kappa shape index (κ2) is 5.78. The molecule has 0 aliphatic rings. The number of carbonyl (C=O) groups is 1. The number of hydrogen-bond acceptors (Lipinski definition) is 4. The summed E-state index contributed by atoms with van der Waals surface area (Å²) in [4.78, 5) is 28.7. The lowest BCUT2D eigenvalue weighted by molar-refractivity contribution is -0.116. The second-order valence-corrected chi connectivity index (χ2v) is 6.03. The number of hydrogen-bond donors (Lipinski definition) is 1. The van der Waals surface area contributed by atoms with Gasteiger partial charge in [0.15, 0.2) is 5.58 Å². The molecular formula is C17H13ClN4O3. The molecule has 4 aromatic rings. The Morgan fingerprint density at radius 3 is 2.88 bits per heavy atom. The number of carbonyl (C=O) groups excluding carboxylic acids is 1. The van der Waals surface area contributed by atoms with Gasteiger partial charge >= 0.3 is 5.76 Å². The number of anilines is 1. The normalized spacial score (nSPS) is 11.3. The number of nitrogens with one attached hydrogen (secondary N) is 1. The Hall–Kier alpha value is -3.06. The van der Waals surface area contributed by atoms with Crippen LogP contribution in [0, 0.1) is 0 Å². The van der Waals surface area contributed by atoms with Crippen molar-refractivity contribution in [2.24, 2.45) is 7.05 Å². The molecule has 0 bridgehead atoms. The molecule has 2 heterocycles. The number of amides is 1. The first-order valence-corrected chi connectivity index (χ1v) is 7.91. The summed E-state index contributed by atoms with van der Waals surface area (Å²) in [6.45, 7) is -0.167. The van der Waals surface area contributed by atoms with E-state index in [1.807, 2.05) is 6.07 Å². The average Bonchev–Trinajstić information content (AvgIpc) is 3.05. The summed E-state index contributed by atoms with van der Waals surface area (Å²) in [5, 5.41) is 3.29. The standard InChI is InChI=1S/C17H13ClN4O3/c1-21-12-7-6-10(18)8-11(12)19-16(21)20-15(23)9-22-13-4-2-3-5-14(13)25-17(22)24/h2-8H,9H2,1H3,(H,19,20,23). The molecule has 0 aliphatic carbocycles. The maximum Gasteiger partial charge on any atom is 0.420 e. The summed E-state index contributed by atoms with van der Waals surface area (Å²) in [6, 6.07) is 12.3. The Labute approximate surface area is 146 Å². The molecule has 0 spiro atoms. The Morgan fingerprint density at radius 2 is 2.04 bits per heavy atom. The van der Waals surface area contributed by atoms with Crippen molar-refractivity contribution in [3.8, 4) is 0 Å². The van der Waals surface area contributed by atoms with Crippen LogP contribution in [-0.2, 0) is 18.4 Å². The zero-order chi connectivity index (χ0) is 17.6. The van der Waals surface area contributed by atoms with Crippen molar-refractivity contribution in [3.63, 3.8) is 0 Å². The molecule has 1 amide bonds. The first kappa shape index (κ1) is 15.5. The number of aromatic nitrogens is 3. The number of benzene rings is 2. The fraction of sp³-hybridized carbons (Fsp3) is 0.118. The summed E-state index contributed by atoms with van der Waals surface area (Å²) < 4.78 is 8.16. The maximum absolute atomic E-state index is 12.4. The van der Waals surface area contributed by atoms with E-state index in [1.165, 1.54) is 4.57 Å². The van der Waals surface area contributed by atoms with Gasteiger partial charge in [-0.15, -0.1) is 0 Å². The number of imidazole rings is 1. The maximum atomic E-state index is 12.4. The molecule has 0 unspecified atom stereocenters. The minimum absolute atomic E-state index is 0.167. The van der Waals surface area contributed by atoms with Gasteiger partial charge in [-0.1, -0.05) is 23.7 Å². The number of aryl methyl sites for hydroxylation is 1. The van der Waals surface area contributed by atoms with E-state index in [9.17, 15) is 9.59 Å². The van der Waals surface area contributed by atoms with Gasteiger partial charge in [0, 0.05) is 12.1 Å². The minimum atomic E-state index is -0.576. The predicted molar refractivity (Wildman–Crippen MR) is 94.8 cm³/mol. The SMILES string of the molecule is Cn1c(NC(=O)Cn2c(=O)oc3ccccc32)nc2cc(Cl)ccc21. The molecule has 0 fully saturated rings. The molecular weight excluding hydrogens is 344 g/mol. The highest BCUT2D eigenvalue weighted by Crippen LogP contribution is 2.22. The van der Waals surface area contributed by atoms with E-state index >= 15 is 0 Å². The van der Waals surface area contributed by atoms with Gasteiger partial charge in [-0.2, -0.15) is 0 Å². The lowest BCUT2D eigenvalue weighted by Crippen LogP contribution is -2.25. The van der Waals surface area contributed by atoms with Gasteiger partial charge < -0.3 is 8.98 Å². The van der Waals surface area contributed by atoms with Crippen LogP contribution < -0.4 is 11.1 Å². The van der Waals surface area contributed by atoms with Gasteiger partial charge in [0.05, 0.1) is 16.6 Å².